The third-order valence-electron chi connectivity index (χ3n) is 8.08. The summed E-state index contributed by atoms with van der Waals surface area (Å²) in [5.74, 6) is -0.870. The molecule has 4 aromatic carbocycles. The van der Waals surface area contributed by atoms with E-state index in [9.17, 15) is 28.1 Å². The molecule has 4 aromatic rings. The molecule has 50 heavy (non-hydrogen) atoms. The van der Waals surface area contributed by atoms with Crippen LogP contribution in [0.25, 0.3) is 0 Å². The second-order valence-electron chi connectivity index (χ2n) is 12.4. The van der Waals surface area contributed by atoms with E-state index in [4.69, 9.17) is 16.3 Å². The van der Waals surface area contributed by atoms with Crippen LogP contribution in [0.15, 0.2) is 95.9 Å². The van der Waals surface area contributed by atoms with Gasteiger partial charge in [0.2, 0.25) is 11.8 Å². The molecule has 0 aliphatic heterocycles. The van der Waals surface area contributed by atoms with Gasteiger partial charge in [0.25, 0.3) is 15.7 Å². The molecule has 0 saturated carbocycles. The molecule has 0 bridgehead atoms. The zero-order chi connectivity index (χ0) is 36.6. The maximum atomic E-state index is 14.7. The molecule has 1 atom stereocenters. The van der Waals surface area contributed by atoms with Crippen LogP contribution >= 0.6 is 11.6 Å². The van der Waals surface area contributed by atoms with Gasteiger partial charge in [-0.1, -0.05) is 91.7 Å². The van der Waals surface area contributed by atoms with Gasteiger partial charge in [-0.25, -0.2) is 8.42 Å². The zero-order valence-electron chi connectivity index (χ0n) is 28.6. The van der Waals surface area contributed by atoms with Crippen LogP contribution in [-0.2, 0) is 32.6 Å². The zero-order valence-corrected chi connectivity index (χ0v) is 30.2. The monoisotopic (exact) mass is 720 g/mol. The number of nitrogens with zero attached hydrogens (tertiary/aromatic N) is 3. The van der Waals surface area contributed by atoms with E-state index >= 15 is 0 Å². The first-order valence-electron chi connectivity index (χ1n) is 16.0. The predicted molar refractivity (Wildman–Crippen MR) is 194 cm³/mol. The number of methoxy groups -OCH3 is 1. The quantitative estimate of drug-likeness (QED) is 0.110. The number of sulfonamides is 1. The second kappa shape index (κ2) is 16.6. The van der Waals surface area contributed by atoms with Gasteiger partial charge in [-0.15, -0.1) is 0 Å². The van der Waals surface area contributed by atoms with Crippen molar-refractivity contribution in [1.29, 1.82) is 0 Å². The topological polar surface area (TPSA) is 139 Å². The van der Waals surface area contributed by atoms with Crippen LogP contribution in [0.1, 0.15) is 36.1 Å². The van der Waals surface area contributed by atoms with Crippen molar-refractivity contribution in [3.8, 4) is 5.75 Å². The van der Waals surface area contributed by atoms with E-state index in [1.165, 1.54) is 49.3 Å². The summed E-state index contributed by atoms with van der Waals surface area (Å²) < 4.78 is 35.3. The third-order valence-corrected chi connectivity index (χ3v) is 10.1. The van der Waals surface area contributed by atoms with Crippen LogP contribution in [0.5, 0.6) is 5.75 Å². The van der Waals surface area contributed by atoms with Gasteiger partial charge in [-0.05, 0) is 55.2 Å². The number of aryl methyl sites for hydroxylation is 2. The molecule has 0 unspecified atom stereocenters. The Morgan fingerprint density at radius 1 is 0.940 bits per heavy atom. The number of hydrogen-bond acceptors (Lipinski definition) is 7. The average molecular weight is 721 g/mol. The molecular formula is C37H41ClN4O7S. The molecule has 0 heterocycles. The second-order valence-corrected chi connectivity index (χ2v) is 14.7. The molecule has 0 aliphatic carbocycles. The van der Waals surface area contributed by atoms with Crippen LogP contribution in [0.4, 0.5) is 11.4 Å². The fourth-order valence-electron chi connectivity index (χ4n) is 5.31. The number of halogens is 1. The fourth-order valence-corrected chi connectivity index (χ4v) is 6.92. The lowest BCUT2D eigenvalue weighted by Crippen LogP contribution is -2.53. The van der Waals surface area contributed by atoms with Crippen molar-refractivity contribution in [2.75, 3.05) is 24.5 Å². The number of nitrogens with one attached hydrogen (secondary N) is 1. The van der Waals surface area contributed by atoms with Gasteiger partial charge in [0.05, 0.1) is 22.6 Å². The maximum absolute atomic E-state index is 14.7. The number of nitro groups is 1. The molecule has 0 fully saturated rings. The Hall–Kier alpha value is -4.94. The molecule has 0 saturated heterocycles. The molecule has 264 valence electrons. The smallest absolute Gasteiger partial charge is 0.273 e. The summed E-state index contributed by atoms with van der Waals surface area (Å²) in [5.41, 5.74) is 2.32. The number of carbonyl (C=O) groups excluding carboxylic acids is 2. The first kappa shape index (κ1) is 37.9. The first-order valence-corrected chi connectivity index (χ1v) is 17.8. The van der Waals surface area contributed by atoms with Crippen molar-refractivity contribution in [1.82, 2.24) is 10.2 Å². The lowest BCUT2D eigenvalue weighted by Gasteiger charge is -2.34. The highest BCUT2D eigenvalue weighted by Crippen LogP contribution is 2.36. The Morgan fingerprint density at radius 2 is 1.62 bits per heavy atom. The van der Waals surface area contributed by atoms with E-state index < -0.39 is 49.9 Å². The Morgan fingerprint density at radius 3 is 2.24 bits per heavy atom. The van der Waals surface area contributed by atoms with E-state index in [2.05, 4.69) is 5.32 Å². The highest BCUT2D eigenvalue weighted by Gasteiger charge is 2.36. The van der Waals surface area contributed by atoms with Crippen LogP contribution in [-0.4, -0.2) is 56.3 Å². The normalized spacial score (nSPS) is 11.9. The maximum Gasteiger partial charge on any atom is 0.273 e. The summed E-state index contributed by atoms with van der Waals surface area (Å²) in [6, 6.07) is 23.5. The first-order chi connectivity index (χ1) is 23.7. The Labute approximate surface area is 298 Å². The molecule has 4 rings (SSSR count). The van der Waals surface area contributed by atoms with E-state index in [0.29, 0.717) is 6.54 Å². The van der Waals surface area contributed by atoms with Gasteiger partial charge in [-0.2, -0.15) is 0 Å². The molecule has 0 spiro atoms. The van der Waals surface area contributed by atoms with Gasteiger partial charge in [0.15, 0.2) is 0 Å². The summed E-state index contributed by atoms with van der Waals surface area (Å²) in [5, 5.41) is 14.9. The number of amides is 2. The van der Waals surface area contributed by atoms with Gasteiger partial charge in [0, 0.05) is 36.2 Å². The highest BCUT2D eigenvalue weighted by molar-refractivity contribution is 7.92. The summed E-state index contributed by atoms with van der Waals surface area (Å²) in [4.78, 5) is 40.8. The fraction of sp³-hybridized carbons (Fsp3) is 0.297. The largest absolute Gasteiger partial charge is 0.495 e. The minimum absolute atomic E-state index is 0.0116. The summed E-state index contributed by atoms with van der Waals surface area (Å²) in [7, 11) is -3.33. The number of anilines is 1. The molecule has 0 aliphatic rings. The minimum Gasteiger partial charge on any atom is -0.495 e. The van der Waals surface area contributed by atoms with Crippen molar-refractivity contribution in [3.05, 3.63) is 128 Å². The van der Waals surface area contributed by atoms with Gasteiger partial charge >= 0.3 is 0 Å². The average Bonchev–Trinajstić information content (AvgIpc) is 3.08. The number of nitro benzene ring substituents is 1. The van der Waals surface area contributed by atoms with Gasteiger partial charge in [0.1, 0.15) is 18.3 Å². The van der Waals surface area contributed by atoms with Crippen molar-refractivity contribution in [3.63, 3.8) is 0 Å². The van der Waals surface area contributed by atoms with Gasteiger partial charge in [-0.3, -0.25) is 24.0 Å². The van der Waals surface area contributed by atoms with E-state index in [1.807, 2.05) is 75.4 Å². The Balaban J connectivity index is 1.88. The lowest BCUT2D eigenvalue weighted by molar-refractivity contribution is -0.385. The van der Waals surface area contributed by atoms with E-state index in [-0.39, 0.29) is 40.9 Å². The van der Waals surface area contributed by atoms with Crippen molar-refractivity contribution in [2.45, 2.75) is 51.6 Å². The number of ether oxygens (including phenoxy) is 1. The van der Waals surface area contributed by atoms with Crippen LogP contribution in [0.2, 0.25) is 5.02 Å². The molecule has 11 nitrogen and oxygen atoms in total. The lowest BCUT2D eigenvalue weighted by atomic mass is 10.0. The van der Waals surface area contributed by atoms with Crippen molar-refractivity contribution >= 4 is 44.8 Å². The summed E-state index contributed by atoms with van der Waals surface area (Å²) in [6.45, 7) is 6.91. The summed E-state index contributed by atoms with van der Waals surface area (Å²) in [6.07, 6.45) is 0.153. The molecule has 0 aromatic heterocycles. The van der Waals surface area contributed by atoms with Gasteiger partial charge < -0.3 is 15.0 Å². The summed E-state index contributed by atoms with van der Waals surface area (Å²) >= 11 is 6.35. The van der Waals surface area contributed by atoms with Crippen molar-refractivity contribution < 1.29 is 27.7 Å². The number of rotatable bonds is 15. The number of carbonyl (C=O) groups is 2. The minimum atomic E-state index is -4.67. The molecule has 1 N–H and O–H groups in total. The SMILES string of the molecule is COc1ccc(Cl)cc1N(CC(=O)N(Cc1ccc(C)cc1)[C@@H](Cc1ccccc1)C(=O)NCC(C)C)S(=O)(=O)c1ccc(C)c([N+](=O)[O-])c1. The highest BCUT2D eigenvalue weighted by atomic mass is 35.5. The standard InChI is InChI=1S/C37H41ClN4O7S/c1-25(2)22-39-37(44)34(19-28-9-7-6-8-10-28)40(23-29-14-11-26(3)12-15-29)36(43)24-41(33-20-30(38)16-18-35(33)49-5)50(47,48)31-17-13-27(4)32(21-31)42(45)46/h6-18,20-21,25,34H,19,22-24H2,1-5H3,(H,39,44)/t34-/m0/s1. The van der Waals surface area contributed by atoms with E-state index in [1.54, 1.807) is 0 Å². The molecular weight excluding hydrogens is 680 g/mol. The van der Waals surface area contributed by atoms with Crippen LogP contribution < -0.4 is 14.4 Å². The third kappa shape index (κ3) is 9.39. The van der Waals surface area contributed by atoms with Crippen LogP contribution in [0, 0.1) is 29.9 Å². The molecule has 2 amide bonds. The predicted octanol–water partition coefficient (Wildman–Crippen LogP) is 6.48. The van der Waals surface area contributed by atoms with E-state index in [0.717, 1.165) is 27.1 Å². The molecule has 13 heteroatoms. The molecule has 0 radical (unpaired) electrons. The van der Waals surface area contributed by atoms with Crippen molar-refractivity contribution in [2.24, 2.45) is 5.92 Å². The Bertz CT molecular complexity index is 1940. The van der Waals surface area contributed by atoms with Crippen LogP contribution in [0.3, 0.4) is 0 Å². The Kier molecular flexibility index (Phi) is 12.6. The number of benzene rings is 4. The number of hydrogen-bond donors (Lipinski definition) is 1.